The molecule has 1 fully saturated rings. The second kappa shape index (κ2) is 2.27. The molecule has 1 aliphatic rings. The standard InChI is InChI=1S/C7H16N2/c1-6(2)9-7(5-8)3-4-7/h6,9H,3-5,8H2,1-2H3. The lowest BCUT2D eigenvalue weighted by molar-refractivity contribution is 0.454. The summed E-state index contributed by atoms with van der Waals surface area (Å²) in [6.45, 7) is 5.12. The largest absolute Gasteiger partial charge is 0.329 e. The summed E-state index contributed by atoms with van der Waals surface area (Å²) in [5.74, 6) is 0. The van der Waals surface area contributed by atoms with Crippen LogP contribution in [-0.4, -0.2) is 18.1 Å². The summed E-state index contributed by atoms with van der Waals surface area (Å²) in [7, 11) is 0. The van der Waals surface area contributed by atoms with Crippen LogP contribution in [-0.2, 0) is 0 Å². The van der Waals surface area contributed by atoms with Crippen LogP contribution in [0, 0.1) is 0 Å². The van der Waals surface area contributed by atoms with E-state index in [9.17, 15) is 0 Å². The van der Waals surface area contributed by atoms with Crippen molar-refractivity contribution in [2.45, 2.75) is 38.3 Å². The molecule has 1 aliphatic carbocycles. The summed E-state index contributed by atoms with van der Waals surface area (Å²) in [6, 6.07) is 0.580. The first-order chi connectivity index (χ1) is 4.18. The van der Waals surface area contributed by atoms with Crippen LogP contribution in [0.5, 0.6) is 0 Å². The smallest absolute Gasteiger partial charge is 0.0307 e. The normalized spacial score (nSPS) is 22.7. The molecule has 0 aliphatic heterocycles. The maximum atomic E-state index is 5.55. The van der Waals surface area contributed by atoms with Crippen molar-refractivity contribution in [1.82, 2.24) is 5.32 Å². The fourth-order valence-corrected chi connectivity index (χ4v) is 1.17. The van der Waals surface area contributed by atoms with Gasteiger partial charge in [-0.15, -0.1) is 0 Å². The van der Waals surface area contributed by atoms with Crippen LogP contribution >= 0.6 is 0 Å². The van der Waals surface area contributed by atoms with Crippen LogP contribution in [0.2, 0.25) is 0 Å². The Morgan fingerprint density at radius 2 is 2.11 bits per heavy atom. The van der Waals surface area contributed by atoms with Gasteiger partial charge < -0.3 is 11.1 Å². The van der Waals surface area contributed by atoms with Gasteiger partial charge in [0.15, 0.2) is 0 Å². The molecule has 0 saturated heterocycles. The van der Waals surface area contributed by atoms with Crippen LogP contribution in [0.15, 0.2) is 0 Å². The molecule has 0 radical (unpaired) electrons. The molecule has 2 heteroatoms. The lowest BCUT2D eigenvalue weighted by Crippen LogP contribution is -2.42. The quantitative estimate of drug-likeness (QED) is 0.580. The molecule has 9 heavy (non-hydrogen) atoms. The van der Waals surface area contributed by atoms with E-state index in [0.29, 0.717) is 11.6 Å². The number of nitrogens with two attached hydrogens (primary N) is 1. The second-order valence-electron chi connectivity index (χ2n) is 3.28. The Kier molecular flexibility index (Phi) is 1.78. The van der Waals surface area contributed by atoms with Crippen LogP contribution in [0.3, 0.4) is 0 Å². The Balaban J connectivity index is 2.25. The molecule has 0 amide bonds. The number of hydrogen-bond acceptors (Lipinski definition) is 2. The van der Waals surface area contributed by atoms with Crippen molar-refractivity contribution in [3.05, 3.63) is 0 Å². The van der Waals surface area contributed by atoms with Crippen molar-refractivity contribution in [2.24, 2.45) is 5.73 Å². The van der Waals surface area contributed by atoms with Gasteiger partial charge in [-0.05, 0) is 12.8 Å². The SMILES string of the molecule is CC(C)NC1(CN)CC1. The minimum Gasteiger partial charge on any atom is -0.329 e. The third kappa shape index (κ3) is 1.66. The Bertz CT molecular complexity index is 95.1. The molecule has 2 nitrogen and oxygen atoms in total. The molecular formula is C7H16N2. The molecular weight excluding hydrogens is 112 g/mol. The highest BCUT2D eigenvalue weighted by Crippen LogP contribution is 2.34. The minimum absolute atomic E-state index is 0.341. The van der Waals surface area contributed by atoms with E-state index in [2.05, 4.69) is 19.2 Å². The third-order valence-electron chi connectivity index (χ3n) is 1.84. The average molecular weight is 128 g/mol. The van der Waals surface area contributed by atoms with Gasteiger partial charge in [-0.3, -0.25) is 0 Å². The van der Waals surface area contributed by atoms with E-state index in [1.54, 1.807) is 0 Å². The highest BCUT2D eigenvalue weighted by Gasteiger charge is 2.40. The van der Waals surface area contributed by atoms with E-state index in [-0.39, 0.29) is 0 Å². The first kappa shape index (κ1) is 7.03. The number of hydrogen-bond donors (Lipinski definition) is 2. The van der Waals surface area contributed by atoms with E-state index in [4.69, 9.17) is 5.73 Å². The predicted molar refractivity (Wildman–Crippen MR) is 39.3 cm³/mol. The van der Waals surface area contributed by atoms with Gasteiger partial charge in [0.05, 0.1) is 0 Å². The van der Waals surface area contributed by atoms with E-state index in [0.717, 1.165) is 6.54 Å². The molecule has 0 bridgehead atoms. The van der Waals surface area contributed by atoms with Gasteiger partial charge in [0.2, 0.25) is 0 Å². The summed E-state index contributed by atoms with van der Waals surface area (Å²) < 4.78 is 0. The Labute approximate surface area is 56.8 Å². The van der Waals surface area contributed by atoms with Crippen LogP contribution in [0.25, 0.3) is 0 Å². The van der Waals surface area contributed by atoms with Crippen molar-refractivity contribution in [3.63, 3.8) is 0 Å². The molecule has 0 aromatic rings. The summed E-state index contributed by atoms with van der Waals surface area (Å²) in [4.78, 5) is 0. The van der Waals surface area contributed by atoms with Crippen molar-refractivity contribution < 1.29 is 0 Å². The molecule has 3 N–H and O–H groups in total. The van der Waals surface area contributed by atoms with Crippen LogP contribution in [0.1, 0.15) is 26.7 Å². The van der Waals surface area contributed by atoms with Gasteiger partial charge >= 0.3 is 0 Å². The second-order valence-corrected chi connectivity index (χ2v) is 3.28. The third-order valence-corrected chi connectivity index (χ3v) is 1.84. The first-order valence-corrected chi connectivity index (χ1v) is 3.66. The Morgan fingerprint density at radius 3 is 2.22 bits per heavy atom. The van der Waals surface area contributed by atoms with E-state index >= 15 is 0 Å². The summed E-state index contributed by atoms with van der Waals surface area (Å²) in [5.41, 5.74) is 5.90. The molecule has 0 aromatic carbocycles. The maximum absolute atomic E-state index is 5.55. The maximum Gasteiger partial charge on any atom is 0.0307 e. The van der Waals surface area contributed by atoms with E-state index < -0.39 is 0 Å². The fraction of sp³-hybridized carbons (Fsp3) is 1.00. The summed E-state index contributed by atoms with van der Waals surface area (Å²) >= 11 is 0. The molecule has 1 rings (SSSR count). The Morgan fingerprint density at radius 1 is 1.56 bits per heavy atom. The molecule has 0 heterocycles. The van der Waals surface area contributed by atoms with Gasteiger partial charge in [-0.2, -0.15) is 0 Å². The molecule has 54 valence electrons. The molecule has 1 saturated carbocycles. The van der Waals surface area contributed by atoms with Crippen LogP contribution < -0.4 is 11.1 Å². The summed E-state index contributed by atoms with van der Waals surface area (Å²) in [5, 5.41) is 3.45. The zero-order chi connectivity index (χ0) is 6.91. The topological polar surface area (TPSA) is 38.0 Å². The average Bonchev–Trinajstić information content (AvgIpc) is 2.48. The highest BCUT2D eigenvalue weighted by molar-refractivity contribution is 5.03. The number of nitrogens with one attached hydrogen (secondary N) is 1. The minimum atomic E-state index is 0.341. The van der Waals surface area contributed by atoms with E-state index in [1.807, 2.05) is 0 Å². The predicted octanol–water partition coefficient (Wildman–Crippen LogP) is 0.476. The van der Waals surface area contributed by atoms with E-state index in [1.165, 1.54) is 12.8 Å². The van der Waals surface area contributed by atoms with Crippen molar-refractivity contribution in [1.29, 1.82) is 0 Å². The fourth-order valence-electron chi connectivity index (χ4n) is 1.17. The van der Waals surface area contributed by atoms with Gasteiger partial charge in [0.25, 0.3) is 0 Å². The lowest BCUT2D eigenvalue weighted by Gasteiger charge is -2.17. The molecule has 0 aromatic heterocycles. The van der Waals surface area contributed by atoms with Crippen molar-refractivity contribution >= 4 is 0 Å². The highest BCUT2D eigenvalue weighted by atomic mass is 15.1. The van der Waals surface area contributed by atoms with Crippen LogP contribution in [0.4, 0.5) is 0 Å². The molecule has 0 atom stereocenters. The zero-order valence-electron chi connectivity index (χ0n) is 6.28. The number of rotatable bonds is 3. The van der Waals surface area contributed by atoms with Gasteiger partial charge in [-0.25, -0.2) is 0 Å². The summed E-state index contributed by atoms with van der Waals surface area (Å²) in [6.07, 6.45) is 2.53. The molecule has 0 spiro atoms. The zero-order valence-corrected chi connectivity index (χ0v) is 6.28. The van der Waals surface area contributed by atoms with Gasteiger partial charge in [-0.1, -0.05) is 13.8 Å². The lowest BCUT2D eigenvalue weighted by atomic mass is 10.2. The van der Waals surface area contributed by atoms with Crippen molar-refractivity contribution in [2.75, 3.05) is 6.54 Å². The Hall–Kier alpha value is -0.0800. The van der Waals surface area contributed by atoms with Gasteiger partial charge in [0, 0.05) is 18.1 Å². The first-order valence-electron chi connectivity index (χ1n) is 3.66. The van der Waals surface area contributed by atoms with Crippen molar-refractivity contribution in [3.8, 4) is 0 Å². The molecule has 0 unspecified atom stereocenters. The van der Waals surface area contributed by atoms with Gasteiger partial charge in [0.1, 0.15) is 0 Å². The monoisotopic (exact) mass is 128 g/mol.